The van der Waals surface area contributed by atoms with E-state index in [9.17, 15) is 0 Å². The molecule has 15 heavy (non-hydrogen) atoms. The van der Waals surface area contributed by atoms with Gasteiger partial charge in [0.25, 0.3) is 0 Å². The lowest BCUT2D eigenvalue weighted by Gasteiger charge is -2.00. The molecule has 0 amide bonds. The van der Waals surface area contributed by atoms with Crippen molar-refractivity contribution >= 4 is 10.9 Å². The number of nitrogens with zero attached hydrogens (tertiary/aromatic N) is 2. The lowest BCUT2D eigenvalue weighted by molar-refractivity contribution is 0.855. The van der Waals surface area contributed by atoms with Crippen molar-refractivity contribution in [2.75, 3.05) is 6.54 Å². The van der Waals surface area contributed by atoms with E-state index in [1.807, 2.05) is 0 Å². The Hall–Kier alpha value is -1.75. The maximum Gasteiger partial charge on any atom is 0.220 e. The fourth-order valence-corrected chi connectivity index (χ4v) is 1.97. The highest BCUT2D eigenvalue weighted by Gasteiger charge is 2.07. The van der Waals surface area contributed by atoms with Crippen molar-refractivity contribution in [1.29, 1.82) is 0 Å². The molecule has 0 unspecified atom stereocenters. The van der Waals surface area contributed by atoms with Crippen LogP contribution in [-0.4, -0.2) is 11.1 Å². The van der Waals surface area contributed by atoms with Crippen molar-refractivity contribution in [2.45, 2.75) is 13.3 Å². The van der Waals surface area contributed by atoms with Crippen LogP contribution < -0.4 is 0 Å². The highest BCUT2D eigenvalue weighted by molar-refractivity contribution is 5.84. The number of hydrogen-bond donors (Lipinski definition) is 0. The van der Waals surface area contributed by atoms with Crippen LogP contribution in [0.25, 0.3) is 15.7 Å². The molecular weight excluding hydrogens is 184 g/mol. The maximum absolute atomic E-state index is 6.81. The van der Waals surface area contributed by atoms with E-state index in [1.165, 1.54) is 22.2 Å². The summed E-state index contributed by atoms with van der Waals surface area (Å²) in [6.45, 7) is 9.51. The third-order valence-electron chi connectivity index (χ3n) is 2.88. The first kappa shape index (κ1) is 9.79. The van der Waals surface area contributed by atoms with Gasteiger partial charge in [-0.3, -0.25) is 0 Å². The Balaban J connectivity index is 2.55. The summed E-state index contributed by atoms with van der Waals surface area (Å²) in [5.74, 6) is 0. The molecule has 0 spiro atoms. The van der Waals surface area contributed by atoms with Crippen LogP contribution in [0.4, 0.5) is 0 Å². The number of aromatic nitrogens is 1. The zero-order chi connectivity index (χ0) is 10.8. The van der Waals surface area contributed by atoms with Crippen molar-refractivity contribution in [1.82, 2.24) is 4.57 Å². The predicted molar refractivity (Wildman–Crippen MR) is 62.8 cm³/mol. The molecule has 0 saturated heterocycles. The quantitative estimate of drug-likeness (QED) is 0.656. The smallest absolute Gasteiger partial charge is 0.220 e. The molecule has 0 radical (unpaired) electrons. The van der Waals surface area contributed by atoms with Gasteiger partial charge in [-0.05, 0) is 24.6 Å². The highest BCUT2D eigenvalue weighted by Crippen LogP contribution is 2.22. The monoisotopic (exact) mass is 198 g/mol. The second kappa shape index (κ2) is 3.78. The summed E-state index contributed by atoms with van der Waals surface area (Å²) in [4.78, 5) is 3.40. The SMILES string of the molecule is [C-]#[N+]CCc1cc2c(C)cccc2n1C. The summed E-state index contributed by atoms with van der Waals surface area (Å²) >= 11 is 0. The second-order valence-electron chi connectivity index (χ2n) is 3.83. The van der Waals surface area contributed by atoms with Crippen LogP contribution in [0.2, 0.25) is 0 Å². The summed E-state index contributed by atoms with van der Waals surface area (Å²) in [6.07, 6.45) is 0.841. The Kier molecular flexibility index (Phi) is 2.47. The molecule has 2 aromatic rings. The van der Waals surface area contributed by atoms with Crippen LogP contribution in [-0.2, 0) is 13.5 Å². The summed E-state index contributed by atoms with van der Waals surface area (Å²) in [6, 6.07) is 8.54. The minimum absolute atomic E-state index is 0.573. The molecular formula is C13H14N2. The molecule has 1 aromatic heterocycles. The predicted octanol–water partition coefficient (Wildman–Crippen LogP) is 2.95. The van der Waals surface area contributed by atoms with Crippen molar-refractivity contribution < 1.29 is 0 Å². The molecule has 1 heterocycles. The van der Waals surface area contributed by atoms with Gasteiger partial charge in [0.2, 0.25) is 6.54 Å². The maximum atomic E-state index is 6.81. The summed E-state index contributed by atoms with van der Waals surface area (Å²) in [5.41, 5.74) is 3.81. The van der Waals surface area contributed by atoms with Gasteiger partial charge in [-0.15, -0.1) is 0 Å². The molecule has 76 valence electrons. The van der Waals surface area contributed by atoms with Gasteiger partial charge in [0.1, 0.15) is 0 Å². The number of benzene rings is 1. The zero-order valence-corrected chi connectivity index (χ0v) is 9.12. The van der Waals surface area contributed by atoms with Crippen molar-refractivity contribution in [3.63, 3.8) is 0 Å². The fourth-order valence-electron chi connectivity index (χ4n) is 1.97. The first-order valence-electron chi connectivity index (χ1n) is 5.11. The summed E-state index contributed by atoms with van der Waals surface area (Å²) < 4.78 is 2.19. The molecule has 0 saturated carbocycles. The lowest BCUT2D eigenvalue weighted by atomic mass is 10.1. The van der Waals surface area contributed by atoms with E-state index in [0.717, 1.165) is 6.42 Å². The van der Waals surface area contributed by atoms with Gasteiger partial charge < -0.3 is 9.41 Å². The van der Waals surface area contributed by atoms with Gasteiger partial charge >= 0.3 is 0 Å². The van der Waals surface area contributed by atoms with E-state index in [1.54, 1.807) is 0 Å². The molecule has 2 heteroatoms. The van der Waals surface area contributed by atoms with E-state index in [0.29, 0.717) is 6.54 Å². The van der Waals surface area contributed by atoms with Crippen LogP contribution in [0.15, 0.2) is 24.3 Å². The van der Waals surface area contributed by atoms with Gasteiger partial charge in [0.15, 0.2) is 0 Å². The minimum Gasteiger partial charge on any atom is -0.347 e. The van der Waals surface area contributed by atoms with Crippen LogP contribution in [0.5, 0.6) is 0 Å². The molecule has 0 aliphatic heterocycles. The molecule has 0 N–H and O–H groups in total. The second-order valence-corrected chi connectivity index (χ2v) is 3.83. The molecule has 0 aliphatic rings. The molecule has 1 aromatic carbocycles. The standard InChI is InChI=1S/C13H14N2/c1-10-5-4-6-13-12(10)9-11(15(13)3)7-8-14-2/h4-6,9H,7-8H2,1,3H3. The van der Waals surface area contributed by atoms with Gasteiger partial charge in [-0.1, -0.05) is 12.1 Å². The molecule has 2 rings (SSSR count). The van der Waals surface area contributed by atoms with E-state index < -0.39 is 0 Å². The Morgan fingerprint density at radius 3 is 2.87 bits per heavy atom. The lowest BCUT2D eigenvalue weighted by Crippen LogP contribution is -1.97. The van der Waals surface area contributed by atoms with Crippen molar-refractivity contribution in [2.24, 2.45) is 7.05 Å². The highest BCUT2D eigenvalue weighted by atomic mass is 14.9. The first-order chi connectivity index (χ1) is 7.24. The number of aryl methyl sites for hydroxylation is 2. The first-order valence-corrected chi connectivity index (χ1v) is 5.11. The Morgan fingerprint density at radius 1 is 1.40 bits per heavy atom. The molecule has 0 bridgehead atoms. The largest absolute Gasteiger partial charge is 0.347 e. The molecule has 0 atom stereocenters. The zero-order valence-electron chi connectivity index (χ0n) is 9.12. The van der Waals surface area contributed by atoms with E-state index >= 15 is 0 Å². The average Bonchev–Trinajstić information content (AvgIpc) is 2.55. The van der Waals surface area contributed by atoms with Crippen LogP contribution in [0, 0.1) is 13.5 Å². The Bertz CT molecular complexity index is 529. The molecule has 2 nitrogen and oxygen atoms in total. The average molecular weight is 198 g/mol. The number of hydrogen-bond acceptors (Lipinski definition) is 0. The van der Waals surface area contributed by atoms with Crippen LogP contribution >= 0.6 is 0 Å². The number of fused-ring (bicyclic) bond motifs is 1. The normalized spacial score (nSPS) is 10.5. The van der Waals surface area contributed by atoms with Gasteiger partial charge in [-0.25, -0.2) is 6.57 Å². The molecule has 0 aliphatic carbocycles. The van der Waals surface area contributed by atoms with Crippen LogP contribution in [0.3, 0.4) is 0 Å². The summed E-state index contributed by atoms with van der Waals surface area (Å²) in [5, 5.41) is 1.31. The fraction of sp³-hybridized carbons (Fsp3) is 0.308. The Labute approximate surface area is 90.0 Å². The van der Waals surface area contributed by atoms with Gasteiger partial charge in [0, 0.05) is 23.6 Å². The topological polar surface area (TPSA) is 9.29 Å². The van der Waals surface area contributed by atoms with E-state index in [4.69, 9.17) is 6.57 Å². The van der Waals surface area contributed by atoms with Gasteiger partial charge in [-0.2, -0.15) is 0 Å². The third-order valence-corrected chi connectivity index (χ3v) is 2.88. The minimum atomic E-state index is 0.573. The van der Waals surface area contributed by atoms with Crippen LogP contribution in [0.1, 0.15) is 11.3 Å². The van der Waals surface area contributed by atoms with E-state index in [2.05, 4.69) is 47.6 Å². The summed E-state index contributed by atoms with van der Waals surface area (Å²) in [7, 11) is 2.07. The van der Waals surface area contributed by atoms with Crippen molar-refractivity contribution in [3.8, 4) is 0 Å². The third kappa shape index (κ3) is 1.61. The van der Waals surface area contributed by atoms with E-state index in [-0.39, 0.29) is 0 Å². The number of rotatable bonds is 2. The Morgan fingerprint density at radius 2 is 2.20 bits per heavy atom. The van der Waals surface area contributed by atoms with Gasteiger partial charge in [0.05, 0.1) is 6.42 Å². The molecule has 0 fully saturated rings. The van der Waals surface area contributed by atoms with Crippen molar-refractivity contribution in [3.05, 3.63) is 46.9 Å².